The fraction of sp³-hybridized carbons (Fsp3) is 0.714. The summed E-state index contributed by atoms with van der Waals surface area (Å²) in [4.78, 5) is 0. The van der Waals surface area contributed by atoms with Crippen LogP contribution in [0.2, 0.25) is 0 Å². The van der Waals surface area contributed by atoms with Gasteiger partial charge >= 0.3 is 0 Å². The lowest BCUT2D eigenvalue weighted by Crippen LogP contribution is -2.44. The van der Waals surface area contributed by atoms with Gasteiger partial charge in [0.1, 0.15) is 5.75 Å². The summed E-state index contributed by atoms with van der Waals surface area (Å²) in [7, 11) is 1.70. The van der Waals surface area contributed by atoms with Gasteiger partial charge < -0.3 is 19.9 Å². The second kappa shape index (κ2) is 9.85. The third-order valence-electron chi connectivity index (χ3n) is 5.89. The molecule has 0 bridgehead atoms. The van der Waals surface area contributed by atoms with Crippen LogP contribution in [0.25, 0.3) is 0 Å². The average molecular weight is 378 g/mol. The van der Waals surface area contributed by atoms with Gasteiger partial charge in [0.15, 0.2) is 0 Å². The molecule has 1 heterocycles. The van der Waals surface area contributed by atoms with Gasteiger partial charge in [-0.2, -0.15) is 0 Å². The molecule has 0 amide bonds. The molecular weight excluding hydrogens is 342 g/mol. The van der Waals surface area contributed by atoms with E-state index in [0.29, 0.717) is 31.2 Å². The van der Waals surface area contributed by atoms with Crippen LogP contribution in [0.5, 0.6) is 5.75 Å². The standard InChI is InChI=1S/C21H35N3O3/c1-14(11-16-7-4-5-9-19(16)26-3)22-12-17(25)13-27-20-10-6-8-18-21(20)15(2)23-24-18/h4-5,7,9,14-15,17-18,20-25H,6,8,10-13H2,1-3H3/t14?,15?,17-,18?,20?,21?/m0/s1. The molecule has 6 atom stereocenters. The SMILES string of the molecule is COc1ccccc1CC(C)NC[C@H](O)COC1CCCC2NNC(C)C21. The van der Waals surface area contributed by atoms with Gasteiger partial charge in [0, 0.05) is 30.6 Å². The van der Waals surface area contributed by atoms with E-state index in [4.69, 9.17) is 9.47 Å². The topological polar surface area (TPSA) is 74.8 Å². The molecule has 1 aliphatic carbocycles. The molecule has 1 aromatic rings. The number of nitrogens with one attached hydrogen (secondary N) is 3. The van der Waals surface area contributed by atoms with Crippen molar-refractivity contribution < 1.29 is 14.6 Å². The van der Waals surface area contributed by atoms with Crippen molar-refractivity contribution in [1.29, 1.82) is 0 Å². The maximum absolute atomic E-state index is 10.4. The maximum atomic E-state index is 10.4. The van der Waals surface area contributed by atoms with Crippen molar-refractivity contribution in [3.8, 4) is 5.75 Å². The van der Waals surface area contributed by atoms with E-state index >= 15 is 0 Å². The molecule has 1 aromatic carbocycles. The van der Waals surface area contributed by atoms with E-state index in [9.17, 15) is 5.11 Å². The van der Waals surface area contributed by atoms with E-state index in [1.807, 2.05) is 18.2 Å². The first-order valence-corrected chi connectivity index (χ1v) is 10.2. The van der Waals surface area contributed by atoms with E-state index in [-0.39, 0.29) is 12.1 Å². The Hall–Kier alpha value is -1.18. The number of hydrogen-bond donors (Lipinski definition) is 4. The number of methoxy groups -OCH3 is 1. The molecule has 0 aromatic heterocycles. The van der Waals surface area contributed by atoms with E-state index in [1.165, 1.54) is 18.4 Å². The first-order chi connectivity index (χ1) is 13.1. The van der Waals surface area contributed by atoms with Crippen molar-refractivity contribution in [3.63, 3.8) is 0 Å². The summed E-state index contributed by atoms with van der Waals surface area (Å²) in [6, 6.07) is 9.23. The van der Waals surface area contributed by atoms with Gasteiger partial charge in [-0.3, -0.25) is 10.9 Å². The molecule has 3 rings (SSSR count). The molecule has 5 unspecified atom stereocenters. The molecule has 0 radical (unpaired) electrons. The molecule has 152 valence electrons. The summed E-state index contributed by atoms with van der Waals surface area (Å²) >= 11 is 0. The predicted octanol–water partition coefficient (Wildman–Crippen LogP) is 1.63. The first kappa shape index (κ1) is 20.6. The smallest absolute Gasteiger partial charge is 0.122 e. The molecule has 6 heteroatoms. The van der Waals surface area contributed by atoms with Gasteiger partial charge in [-0.05, 0) is 51.2 Å². The fourth-order valence-electron chi connectivity index (χ4n) is 4.46. The Morgan fingerprint density at radius 3 is 2.89 bits per heavy atom. The van der Waals surface area contributed by atoms with Gasteiger partial charge in [-0.15, -0.1) is 0 Å². The Balaban J connectivity index is 1.39. The minimum absolute atomic E-state index is 0.224. The van der Waals surface area contributed by atoms with Crippen LogP contribution in [0, 0.1) is 5.92 Å². The molecule has 1 saturated carbocycles. The van der Waals surface area contributed by atoms with Gasteiger partial charge in [0.2, 0.25) is 0 Å². The van der Waals surface area contributed by atoms with Crippen molar-refractivity contribution >= 4 is 0 Å². The van der Waals surface area contributed by atoms with Gasteiger partial charge in [0.25, 0.3) is 0 Å². The van der Waals surface area contributed by atoms with E-state index in [1.54, 1.807) is 7.11 Å². The van der Waals surface area contributed by atoms with Crippen LogP contribution in [0.1, 0.15) is 38.7 Å². The van der Waals surface area contributed by atoms with Crippen molar-refractivity contribution in [3.05, 3.63) is 29.8 Å². The molecule has 2 fully saturated rings. The number of hydrogen-bond acceptors (Lipinski definition) is 6. The molecule has 1 saturated heterocycles. The molecule has 0 spiro atoms. The van der Waals surface area contributed by atoms with Crippen LogP contribution in [0.15, 0.2) is 24.3 Å². The minimum atomic E-state index is -0.497. The summed E-state index contributed by atoms with van der Waals surface area (Å²) in [5.41, 5.74) is 7.90. The van der Waals surface area contributed by atoms with E-state index in [2.05, 4.69) is 36.1 Å². The number of benzene rings is 1. The summed E-state index contributed by atoms with van der Waals surface area (Å²) in [5.74, 6) is 1.40. The van der Waals surface area contributed by atoms with E-state index < -0.39 is 6.10 Å². The number of ether oxygens (including phenoxy) is 2. The lowest BCUT2D eigenvalue weighted by molar-refractivity contribution is -0.0534. The lowest BCUT2D eigenvalue weighted by atomic mass is 9.80. The zero-order valence-corrected chi connectivity index (χ0v) is 16.8. The highest BCUT2D eigenvalue weighted by molar-refractivity contribution is 5.33. The lowest BCUT2D eigenvalue weighted by Gasteiger charge is -2.35. The Labute approximate surface area is 163 Å². The Kier molecular flexibility index (Phi) is 7.49. The third kappa shape index (κ3) is 5.42. The number of aliphatic hydroxyl groups is 1. The minimum Gasteiger partial charge on any atom is -0.496 e. The van der Waals surface area contributed by atoms with Crippen LogP contribution in [-0.2, 0) is 11.2 Å². The molecule has 27 heavy (non-hydrogen) atoms. The Morgan fingerprint density at radius 2 is 2.07 bits per heavy atom. The zero-order chi connectivity index (χ0) is 19.2. The second-order valence-corrected chi connectivity index (χ2v) is 8.04. The van der Waals surface area contributed by atoms with Crippen molar-refractivity contribution in [2.75, 3.05) is 20.3 Å². The van der Waals surface area contributed by atoms with Crippen LogP contribution in [0.4, 0.5) is 0 Å². The third-order valence-corrected chi connectivity index (χ3v) is 5.89. The number of rotatable bonds is 9. The van der Waals surface area contributed by atoms with Gasteiger partial charge in [-0.1, -0.05) is 18.2 Å². The summed E-state index contributed by atoms with van der Waals surface area (Å²) in [6.07, 6.45) is 4.05. The summed E-state index contributed by atoms with van der Waals surface area (Å²) < 4.78 is 11.5. The van der Waals surface area contributed by atoms with E-state index in [0.717, 1.165) is 18.6 Å². The predicted molar refractivity (Wildman–Crippen MR) is 107 cm³/mol. The number of aliphatic hydroxyl groups excluding tert-OH is 1. The van der Waals surface area contributed by atoms with Crippen molar-refractivity contribution in [2.45, 2.75) is 69.9 Å². The summed E-state index contributed by atoms with van der Waals surface area (Å²) in [6.45, 7) is 5.25. The van der Waals surface area contributed by atoms with Crippen LogP contribution in [0.3, 0.4) is 0 Å². The highest BCUT2D eigenvalue weighted by Crippen LogP contribution is 2.32. The molecular formula is C21H35N3O3. The summed E-state index contributed by atoms with van der Waals surface area (Å²) in [5, 5.41) is 13.8. The highest BCUT2D eigenvalue weighted by Gasteiger charge is 2.41. The molecule has 1 aliphatic heterocycles. The zero-order valence-electron chi connectivity index (χ0n) is 16.8. The fourth-order valence-corrected chi connectivity index (χ4v) is 4.46. The highest BCUT2D eigenvalue weighted by atomic mass is 16.5. The normalized spacial score (nSPS) is 29.9. The number of hydrazine groups is 1. The van der Waals surface area contributed by atoms with Crippen LogP contribution >= 0.6 is 0 Å². The molecule has 2 aliphatic rings. The second-order valence-electron chi connectivity index (χ2n) is 8.04. The van der Waals surface area contributed by atoms with Crippen molar-refractivity contribution in [1.82, 2.24) is 16.2 Å². The molecule has 6 nitrogen and oxygen atoms in total. The van der Waals surface area contributed by atoms with Crippen molar-refractivity contribution in [2.24, 2.45) is 5.92 Å². The first-order valence-electron chi connectivity index (χ1n) is 10.2. The monoisotopic (exact) mass is 377 g/mol. The quantitative estimate of drug-likeness (QED) is 0.524. The van der Waals surface area contributed by atoms with Crippen LogP contribution < -0.4 is 20.9 Å². The Morgan fingerprint density at radius 1 is 1.26 bits per heavy atom. The molecule has 4 N–H and O–H groups in total. The maximum Gasteiger partial charge on any atom is 0.122 e. The van der Waals surface area contributed by atoms with Gasteiger partial charge in [0.05, 0.1) is 25.9 Å². The number of para-hydroxylation sites is 1. The number of fused-ring (bicyclic) bond motifs is 1. The Bertz CT molecular complexity index is 584. The van der Waals surface area contributed by atoms with Crippen LogP contribution in [-0.4, -0.2) is 55.7 Å². The van der Waals surface area contributed by atoms with Gasteiger partial charge in [-0.25, -0.2) is 0 Å². The average Bonchev–Trinajstić information content (AvgIpc) is 3.07. The largest absolute Gasteiger partial charge is 0.496 e.